The van der Waals surface area contributed by atoms with Crippen LogP contribution in [0, 0.1) is 0 Å². The molecule has 0 radical (unpaired) electrons. The summed E-state index contributed by atoms with van der Waals surface area (Å²) in [5.74, 6) is -1.38. The van der Waals surface area contributed by atoms with Gasteiger partial charge in [0.2, 0.25) is 0 Å². The Morgan fingerprint density at radius 3 is 2.45 bits per heavy atom. The Hall–Kier alpha value is -1.77. The molecule has 4 nitrogen and oxygen atoms in total. The largest absolute Gasteiger partial charge is 0.462 e. The molecule has 0 aliphatic rings. The van der Waals surface area contributed by atoms with Crippen molar-refractivity contribution in [2.24, 2.45) is 5.73 Å². The fourth-order valence-electron chi connectivity index (χ4n) is 1.61. The minimum atomic E-state index is -5.15. The van der Waals surface area contributed by atoms with E-state index in [1.54, 1.807) is 0 Å². The van der Waals surface area contributed by atoms with Gasteiger partial charge in [-0.05, 0) is 6.92 Å². The molecule has 0 aliphatic carbocycles. The van der Waals surface area contributed by atoms with Crippen LogP contribution in [-0.4, -0.2) is 17.6 Å². The maximum absolute atomic E-state index is 13.0. The first kappa shape index (κ1) is 16.3. The molecule has 0 amide bonds. The first-order valence-electron chi connectivity index (χ1n) is 5.48. The normalized spacial score (nSPS) is 11.8. The van der Waals surface area contributed by atoms with Crippen LogP contribution in [0.3, 0.4) is 0 Å². The SMILES string of the molecule is CCOC(=O)c1c(CN)ncc(C(F)F)c1C(F)(F)F. The number of carbonyl (C=O) groups is 1. The van der Waals surface area contributed by atoms with Crippen LogP contribution in [0.2, 0.25) is 0 Å². The van der Waals surface area contributed by atoms with Crippen LogP contribution < -0.4 is 5.73 Å². The number of halogens is 5. The van der Waals surface area contributed by atoms with Gasteiger partial charge in [-0.3, -0.25) is 4.98 Å². The van der Waals surface area contributed by atoms with Crippen LogP contribution in [0.25, 0.3) is 0 Å². The van der Waals surface area contributed by atoms with Crippen molar-refractivity contribution >= 4 is 5.97 Å². The van der Waals surface area contributed by atoms with E-state index in [-0.39, 0.29) is 6.61 Å². The number of hydrogen-bond acceptors (Lipinski definition) is 4. The highest BCUT2D eigenvalue weighted by atomic mass is 19.4. The first-order valence-corrected chi connectivity index (χ1v) is 5.48. The maximum Gasteiger partial charge on any atom is 0.417 e. The number of aromatic nitrogens is 1. The number of alkyl halides is 5. The van der Waals surface area contributed by atoms with E-state index in [0.29, 0.717) is 6.20 Å². The van der Waals surface area contributed by atoms with Gasteiger partial charge in [0.1, 0.15) is 0 Å². The Kier molecular flexibility index (Phi) is 4.98. The van der Waals surface area contributed by atoms with E-state index < -0.39 is 47.5 Å². The highest BCUT2D eigenvalue weighted by Gasteiger charge is 2.42. The Morgan fingerprint density at radius 1 is 1.45 bits per heavy atom. The third-order valence-corrected chi connectivity index (χ3v) is 2.38. The molecule has 0 aromatic carbocycles. The monoisotopic (exact) mass is 298 g/mol. The molecule has 0 saturated carbocycles. The minimum Gasteiger partial charge on any atom is -0.462 e. The van der Waals surface area contributed by atoms with Gasteiger partial charge in [0.15, 0.2) is 0 Å². The molecule has 0 aliphatic heterocycles. The van der Waals surface area contributed by atoms with E-state index >= 15 is 0 Å². The summed E-state index contributed by atoms with van der Waals surface area (Å²) >= 11 is 0. The molecular formula is C11H11F5N2O2. The van der Waals surface area contributed by atoms with Crippen LogP contribution in [-0.2, 0) is 17.5 Å². The van der Waals surface area contributed by atoms with E-state index in [4.69, 9.17) is 5.73 Å². The number of nitrogens with zero attached hydrogens (tertiary/aromatic N) is 1. The number of ether oxygens (including phenoxy) is 1. The number of hydrogen-bond donors (Lipinski definition) is 1. The van der Waals surface area contributed by atoms with E-state index in [0.717, 1.165) is 0 Å². The van der Waals surface area contributed by atoms with Crippen molar-refractivity contribution in [2.75, 3.05) is 6.61 Å². The number of esters is 1. The van der Waals surface area contributed by atoms with Gasteiger partial charge < -0.3 is 10.5 Å². The Labute approximate surface area is 110 Å². The standard InChI is InChI=1S/C11H11F5N2O2/c1-2-20-10(19)7-6(3-17)18-4-5(9(12)13)8(7)11(14,15)16/h4,9H,2-3,17H2,1H3. The smallest absolute Gasteiger partial charge is 0.417 e. The highest BCUT2D eigenvalue weighted by molar-refractivity contribution is 5.93. The van der Waals surface area contributed by atoms with Crippen LogP contribution in [0.1, 0.15) is 40.5 Å². The zero-order chi connectivity index (χ0) is 15.5. The van der Waals surface area contributed by atoms with E-state index in [1.165, 1.54) is 6.92 Å². The van der Waals surface area contributed by atoms with Crippen molar-refractivity contribution in [2.45, 2.75) is 26.1 Å². The molecule has 0 spiro atoms. The predicted octanol–water partition coefficient (Wildman–Crippen LogP) is 2.67. The average Bonchev–Trinajstić information content (AvgIpc) is 2.35. The third kappa shape index (κ3) is 3.21. The molecule has 1 rings (SSSR count). The summed E-state index contributed by atoms with van der Waals surface area (Å²) in [6, 6.07) is 0. The van der Waals surface area contributed by atoms with Crippen molar-refractivity contribution in [3.8, 4) is 0 Å². The second-order valence-electron chi connectivity index (χ2n) is 3.63. The molecular weight excluding hydrogens is 287 g/mol. The Morgan fingerprint density at radius 2 is 2.05 bits per heavy atom. The molecule has 0 atom stereocenters. The third-order valence-electron chi connectivity index (χ3n) is 2.38. The first-order chi connectivity index (χ1) is 9.23. The van der Waals surface area contributed by atoms with Gasteiger partial charge in [-0.2, -0.15) is 13.2 Å². The number of rotatable bonds is 4. The fraction of sp³-hybridized carbons (Fsp3) is 0.455. The summed E-state index contributed by atoms with van der Waals surface area (Å²) in [5, 5.41) is 0. The summed E-state index contributed by atoms with van der Waals surface area (Å²) in [4.78, 5) is 15.0. The molecule has 0 unspecified atom stereocenters. The maximum atomic E-state index is 13.0. The predicted molar refractivity (Wildman–Crippen MR) is 58.0 cm³/mol. The molecule has 2 N–H and O–H groups in total. The fourth-order valence-corrected chi connectivity index (χ4v) is 1.61. The van der Waals surface area contributed by atoms with Crippen molar-refractivity contribution in [3.05, 3.63) is 28.6 Å². The van der Waals surface area contributed by atoms with Crippen molar-refractivity contribution in [3.63, 3.8) is 0 Å². The van der Waals surface area contributed by atoms with Crippen molar-refractivity contribution in [1.29, 1.82) is 0 Å². The van der Waals surface area contributed by atoms with Crippen LogP contribution in [0.4, 0.5) is 22.0 Å². The zero-order valence-corrected chi connectivity index (χ0v) is 10.3. The summed E-state index contributed by atoms with van der Waals surface area (Å²) < 4.78 is 68.8. The lowest BCUT2D eigenvalue weighted by Crippen LogP contribution is -2.22. The number of pyridine rings is 1. The molecule has 1 aromatic heterocycles. The Bertz CT molecular complexity index is 502. The van der Waals surface area contributed by atoms with E-state index in [2.05, 4.69) is 9.72 Å². The lowest BCUT2D eigenvalue weighted by Gasteiger charge is -2.18. The van der Waals surface area contributed by atoms with Crippen molar-refractivity contribution in [1.82, 2.24) is 4.98 Å². The lowest BCUT2D eigenvalue weighted by atomic mass is 10.0. The molecule has 9 heteroatoms. The van der Waals surface area contributed by atoms with Gasteiger partial charge in [0.05, 0.1) is 23.4 Å². The van der Waals surface area contributed by atoms with E-state index in [1.807, 2.05) is 0 Å². The van der Waals surface area contributed by atoms with Crippen molar-refractivity contribution < 1.29 is 31.5 Å². The lowest BCUT2D eigenvalue weighted by molar-refractivity contribution is -0.140. The van der Waals surface area contributed by atoms with Gasteiger partial charge in [-0.25, -0.2) is 13.6 Å². The summed E-state index contributed by atoms with van der Waals surface area (Å²) in [6.45, 7) is 0.650. The molecule has 0 bridgehead atoms. The minimum absolute atomic E-state index is 0.209. The molecule has 1 heterocycles. The average molecular weight is 298 g/mol. The van der Waals surface area contributed by atoms with Crippen LogP contribution in [0.5, 0.6) is 0 Å². The molecule has 1 aromatic rings. The van der Waals surface area contributed by atoms with Crippen LogP contribution >= 0.6 is 0 Å². The highest BCUT2D eigenvalue weighted by Crippen LogP contribution is 2.39. The van der Waals surface area contributed by atoms with E-state index in [9.17, 15) is 26.7 Å². The molecule has 0 saturated heterocycles. The summed E-state index contributed by atoms with van der Waals surface area (Å²) in [7, 11) is 0. The number of carbonyl (C=O) groups excluding carboxylic acids is 1. The van der Waals surface area contributed by atoms with Crippen LogP contribution in [0.15, 0.2) is 6.20 Å². The number of nitrogens with two attached hydrogens (primary N) is 1. The zero-order valence-electron chi connectivity index (χ0n) is 10.3. The summed E-state index contributed by atoms with van der Waals surface area (Å²) in [6.07, 6.45) is -8.21. The van der Waals surface area contributed by atoms with Gasteiger partial charge >= 0.3 is 12.1 Å². The second kappa shape index (κ2) is 6.12. The van der Waals surface area contributed by atoms with Gasteiger partial charge in [-0.15, -0.1) is 0 Å². The molecule has 20 heavy (non-hydrogen) atoms. The van der Waals surface area contributed by atoms with Gasteiger partial charge in [0, 0.05) is 18.3 Å². The molecule has 112 valence electrons. The topological polar surface area (TPSA) is 65.2 Å². The molecule has 0 fully saturated rings. The van der Waals surface area contributed by atoms with Gasteiger partial charge in [0.25, 0.3) is 6.43 Å². The summed E-state index contributed by atoms with van der Waals surface area (Å²) in [5.41, 5.74) is 0.572. The van der Waals surface area contributed by atoms with Gasteiger partial charge in [-0.1, -0.05) is 0 Å². The Balaban J connectivity index is 3.65. The quantitative estimate of drug-likeness (QED) is 0.685. The second-order valence-corrected chi connectivity index (χ2v) is 3.63.